The van der Waals surface area contributed by atoms with Crippen LogP contribution in [0.3, 0.4) is 0 Å². The van der Waals surface area contributed by atoms with Gasteiger partial charge in [0.2, 0.25) is 5.89 Å². The first-order chi connectivity index (χ1) is 8.22. The van der Waals surface area contributed by atoms with Crippen LogP contribution in [0.25, 0.3) is 10.8 Å². The molecule has 90 valence electrons. The molecule has 1 N–H and O–H groups in total. The number of hydrogen-bond acceptors (Lipinski definition) is 5. The van der Waals surface area contributed by atoms with Crippen LogP contribution in [0, 0.1) is 0 Å². The molecule has 1 aliphatic carbocycles. The Bertz CT molecular complexity index is 516. The van der Waals surface area contributed by atoms with Gasteiger partial charge in [-0.25, -0.2) is 0 Å². The first kappa shape index (κ1) is 11.8. The summed E-state index contributed by atoms with van der Waals surface area (Å²) in [5, 5.41) is 11.4. The Morgan fingerprint density at radius 3 is 2.88 bits per heavy atom. The van der Waals surface area contributed by atoms with Crippen LogP contribution in [0.1, 0.15) is 18.7 Å². The van der Waals surface area contributed by atoms with Crippen LogP contribution in [0.2, 0.25) is 0 Å². The standard InChI is InChI=1S/C10H9Br2N3OS/c11-6-3-7(17-9(6)12)10-15-14-8(16-10)4-13-5-1-2-5/h3,5,13H,1-2,4H2. The van der Waals surface area contributed by atoms with Gasteiger partial charge in [-0.3, -0.25) is 0 Å². The van der Waals surface area contributed by atoms with E-state index in [2.05, 4.69) is 47.4 Å². The second kappa shape index (κ2) is 4.79. The maximum atomic E-state index is 5.60. The zero-order valence-corrected chi connectivity index (χ0v) is 12.7. The van der Waals surface area contributed by atoms with Crippen molar-refractivity contribution in [1.82, 2.24) is 15.5 Å². The Hall–Kier alpha value is -0.240. The van der Waals surface area contributed by atoms with Crippen LogP contribution < -0.4 is 5.32 Å². The highest BCUT2D eigenvalue weighted by molar-refractivity contribution is 9.13. The molecule has 0 radical (unpaired) electrons. The summed E-state index contributed by atoms with van der Waals surface area (Å²) in [7, 11) is 0. The predicted octanol–water partition coefficient (Wildman–Crippen LogP) is 3.58. The van der Waals surface area contributed by atoms with Gasteiger partial charge in [0.15, 0.2) is 0 Å². The number of nitrogens with zero attached hydrogens (tertiary/aromatic N) is 2. The Kier molecular flexibility index (Phi) is 3.34. The van der Waals surface area contributed by atoms with Gasteiger partial charge in [0.05, 0.1) is 15.2 Å². The van der Waals surface area contributed by atoms with E-state index in [-0.39, 0.29) is 0 Å². The molecule has 0 bridgehead atoms. The van der Waals surface area contributed by atoms with Gasteiger partial charge in [0, 0.05) is 10.5 Å². The van der Waals surface area contributed by atoms with E-state index in [9.17, 15) is 0 Å². The first-order valence-electron chi connectivity index (χ1n) is 5.23. The molecule has 4 nitrogen and oxygen atoms in total. The van der Waals surface area contributed by atoms with Crippen LogP contribution in [-0.4, -0.2) is 16.2 Å². The summed E-state index contributed by atoms with van der Waals surface area (Å²) in [6.07, 6.45) is 2.51. The highest BCUT2D eigenvalue weighted by Crippen LogP contribution is 2.37. The molecule has 0 saturated heterocycles. The monoisotopic (exact) mass is 377 g/mol. The van der Waals surface area contributed by atoms with Gasteiger partial charge in [-0.15, -0.1) is 21.5 Å². The van der Waals surface area contributed by atoms with Gasteiger partial charge >= 0.3 is 0 Å². The Balaban J connectivity index is 1.74. The number of rotatable bonds is 4. The maximum Gasteiger partial charge on any atom is 0.257 e. The van der Waals surface area contributed by atoms with Crippen molar-refractivity contribution < 1.29 is 4.42 Å². The predicted molar refractivity (Wildman–Crippen MR) is 72.9 cm³/mol. The van der Waals surface area contributed by atoms with E-state index >= 15 is 0 Å². The van der Waals surface area contributed by atoms with E-state index in [0.29, 0.717) is 24.4 Å². The molecule has 0 amide bonds. The molecule has 0 atom stereocenters. The van der Waals surface area contributed by atoms with Crippen molar-refractivity contribution in [2.75, 3.05) is 0 Å². The Morgan fingerprint density at radius 1 is 1.41 bits per heavy atom. The zero-order valence-electron chi connectivity index (χ0n) is 8.74. The van der Waals surface area contributed by atoms with E-state index in [1.165, 1.54) is 12.8 Å². The Labute approximate surface area is 119 Å². The summed E-state index contributed by atoms with van der Waals surface area (Å²) in [5.74, 6) is 1.22. The van der Waals surface area contributed by atoms with Gasteiger partial charge in [-0.2, -0.15) is 0 Å². The van der Waals surface area contributed by atoms with Gasteiger partial charge in [0.25, 0.3) is 5.89 Å². The fraction of sp³-hybridized carbons (Fsp3) is 0.400. The van der Waals surface area contributed by atoms with Crippen LogP contribution in [0.4, 0.5) is 0 Å². The van der Waals surface area contributed by atoms with Gasteiger partial charge in [0.1, 0.15) is 0 Å². The molecule has 1 aliphatic rings. The van der Waals surface area contributed by atoms with Crippen LogP contribution >= 0.6 is 43.2 Å². The van der Waals surface area contributed by atoms with Crippen LogP contribution in [0.15, 0.2) is 18.7 Å². The van der Waals surface area contributed by atoms with E-state index in [0.717, 1.165) is 13.1 Å². The van der Waals surface area contributed by atoms with Gasteiger partial charge in [-0.1, -0.05) is 0 Å². The smallest absolute Gasteiger partial charge is 0.257 e. The molecule has 3 rings (SSSR count). The van der Waals surface area contributed by atoms with Crippen molar-refractivity contribution in [3.05, 3.63) is 20.2 Å². The molecule has 0 aromatic carbocycles. The lowest BCUT2D eigenvalue weighted by molar-refractivity contribution is 0.477. The molecule has 2 aromatic heterocycles. The number of halogens is 2. The lowest BCUT2D eigenvalue weighted by atomic mass is 10.5. The van der Waals surface area contributed by atoms with E-state index < -0.39 is 0 Å². The summed E-state index contributed by atoms with van der Waals surface area (Å²) in [4.78, 5) is 0.967. The van der Waals surface area contributed by atoms with Crippen LogP contribution in [-0.2, 0) is 6.54 Å². The summed E-state index contributed by atoms with van der Waals surface area (Å²) in [5.41, 5.74) is 0. The van der Waals surface area contributed by atoms with Gasteiger partial charge < -0.3 is 9.73 Å². The molecule has 2 aromatic rings. The van der Waals surface area contributed by atoms with Crippen LogP contribution in [0.5, 0.6) is 0 Å². The average molecular weight is 379 g/mol. The van der Waals surface area contributed by atoms with Crippen molar-refractivity contribution >= 4 is 43.2 Å². The van der Waals surface area contributed by atoms with Crippen molar-refractivity contribution in [3.8, 4) is 10.8 Å². The third-order valence-corrected chi connectivity index (χ3v) is 5.69. The maximum absolute atomic E-state index is 5.60. The van der Waals surface area contributed by atoms with Crippen molar-refractivity contribution in [3.63, 3.8) is 0 Å². The lowest BCUT2D eigenvalue weighted by Gasteiger charge is -1.95. The van der Waals surface area contributed by atoms with E-state index in [1.54, 1.807) is 11.3 Å². The summed E-state index contributed by atoms with van der Waals surface area (Å²) >= 11 is 8.46. The molecule has 0 aliphatic heterocycles. The Morgan fingerprint density at radius 2 is 2.24 bits per heavy atom. The molecular weight excluding hydrogens is 370 g/mol. The van der Waals surface area contributed by atoms with E-state index in [1.807, 2.05) is 6.07 Å². The second-order valence-corrected chi connectivity index (χ2v) is 7.11. The number of nitrogens with one attached hydrogen (secondary N) is 1. The third-order valence-electron chi connectivity index (χ3n) is 2.44. The fourth-order valence-corrected chi connectivity index (χ4v) is 3.35. The lowest BCUT2D eigenvalue weighted by Crippen LogP contribution is -2.15. The first-order valence-corrected chi connectivity index (χ1v) is 7.63. The van der Waals surface area contributed by atoms with Crippen molar-refractivity contribution in [2.45, 2.75) is 25.4 Å². The number of aromatic nitrogens is 2. The third kappa shape index (κ3) is 2.78. The van der Waals surface area contributed by atoms with Gasteiger partial charge in [-0.05, 0) is 50.8 Å². The number of thiophene rings is 1. The molecule has 0 spiro atoms. The normalized spacial score (nSPS) is 15.4. The molecule has 1 saturated carbocycles. The molecular formula is C10H9Br2N3OS. The zero-order chi connectivity index (χ0) is 11.8. The SMILES string of the molecule is Brc1cc(-c2nnc(CNC3CC3)o2)sc1Br. The quantitative estimate of drug-likeness (QED) is 0.883. The largest absolute Gasteiger partial charge is 0.419 e. The summed E-state index contributed by atoms with van der Waals surface area (Å²) < 4.78 is 7.64. The molecule has 17 heavy (non-hydrogen) atoms. The van der Waals surface area contributed by atoms with Crippen molar-refractivity contribution in [1.29, 1.82) is 0 Å². The highest BCUT2D eigenvalue weighted by Gasteiger charge is 2.21. The summed E-state index contributed by atoms with van der Waals surface area (Å²) in [6, 6.07) is 2.62. The molecule has 1 fully saturated rings. The molecule has 2 heterocycles. The summed E-state index contributed by atoms with van der Waals surface area (Å²) in [6.45, 7) is 0.658. The van der Waals surface area contributed by atoms with Crippen molar-refractivity contribution in [2.24, 2.45) is 0 Å². The average Bonchev–Trinajstić information content (AvgIpc) is 2.92. The van der Waals surface area contributed by atoms with E-state index in [4.69, 9.17) is 4.42 Å². The highest BCUT2D eigenvalue weighted by atomic mass is 79.9. The number of hydrogen-bond donors (Lipinski definition) is 1. The minimum absolute atomic E-state index is 0.578. The molecule has 0 unspecified atom stereocenters. The minimum Gasteiger partial charge on any atom is -0.419 e. The minimum atomic E-state index is 0.578. The molecule has 7 heteroatoms. The second-order valence-electron chi connectivity index (χ2n) is 3.89. The fourth-order valence-electron chi connectivity index (χ4n) is 1.40. The topological polar surface area (TPSA) is 51.0 Å².